The Hall–Kier alpha value is -1.45. The van der Waals surface area contributed by atoms with E-state index >= 15 is 0 Å². The van der Waals surface area contributed by atoms with Gasteiger partial charge in [0.25, 0.3) is 10.1 Å². The molecule has 0 bridgehead atoms. The maximum Gasteiger partial charge on any atom is 0.341 e. The number of carbonyl (C=O) groups excluding carboxylic acids is 1. The van der Waals surface area contributed by atoms with Gasteiger partial charge in [-0.05, 0) is 31.9 Å². The first-order chi connectivity index (χ1) is 10.3. The van der Waals surface area contributed by atoms with Gasteiger partial charge in [-0.2, -0.15) is 8.42 Å². The molecule has 7 nitrogen and oxygen atoms in total. The highest BCUT2D eigenvalue weighted by Crippen LogP contribution is 2.11. The SMILES string of the molecule is CC(OS(=O)(=O)CCCC[SH](=O)=O)C(=O)Oc1ccccc1. The van der Waals surface area contributed by atoms with Crippen LogP contribution in [0.3, 0.4) is 0 Å². The number of hydrogen-bond donors (Lipinski definition) is 1. The van der Waals surface area contributed by atoms with Gasteiger partial charge in [-0.1, -0.05) is 18.2 Å². The van der Waals surface area contributed by atoms with Crippen LogP contribution >= 0.6 is 0 Å². The zero-order valence-corrected chi connectivity index (χ0v) is 13.7. The van der Waals surface area contributed by atoms with E-state index in [1.54, 1.807) is 30.3 Å². The van der Waals surface area contributed by atoms with E-state index in [9.17, 15) is 21.6 Å². The molecule has 1 rings (SSSR count). The Kier molecular flexibility index (Phi) is 7.49. The van der Waals surface area contributed by atoms with Crippen LogP contribution in [-0.4, -0.2) is 40.4 Å². The van der Waals surface area contributed by atoms with E-state index in [0.717, 1.165) is 0 Å². The van der Waals surface area contributed by atoms with Crippen LogP contribution in [0, 0.1) is 0 Å². The lowest BCUT2D eigenvalue weighted by Crippen LogP contribution is -2.29. The number of unbranched alkanes of at least 4 members (excludes halogenated alkanes) is 1. The van der Waals surface area contributed by atoms with E-state index in [1.807, 2.05) is 0 Å². The normalized spacial score (nSPS) is 13.0. The lowest BCUT2D eigenvalue weighted by Gasteiger charge is -2.12. The van der Waals surface area contributed by atoms with E-state index in [-0.39, 0.29) is 24.3 Å². The molecule has 0 aliphatic rings. The average molecular weight is 350 g/mol. The predicted molar refractivity (Wildman–Crippen MR) is 80.8 cm³/mol. The largest absolute Gasteiger partial charge is 0.425 e. The molecular formula is C13H18O7S2. The zero-order valence-electron chi connectivity index (χ0n) is 12.0. The molecule has 0 heterocycles. The summed E-state index contributed by atoms with van der Waals surface area (Å²) in [7, 11) is -6.43. The number of thiol groups is 1. The molecule has 1 atom stereocenters. The number of benzene rings is 1. The third-order valence-electron chi connectivity index (χ3n) is 2.57. The Morgan fingerprint density at radius 2 is 1.82 bits per heavy atom. The number of rotatable bonds is 9. The van der Waals surface area contributed by atoms with Crippen molar-refractivity contribution in [3.05, 3.63) is 30.3 Å². The van der Waals surface area contributed by atoms with Crippen LogP contribution in [0.2, 0.25) is 0 Å². The van der Waals surface area contributed by atoms with E-state index in [0.29, 0.717) is 5.75 Å². The second-order valence-electron chi connectivity index (χ2n) is 4.50. The molecule has 1 unspecified atom stereocenters. The molecule has 0 N–H and O–H groups in total. The van der Waals surface area contributed by atoms with Crippen molar-refractivity contribution in [3.63, 3.8) is 0 Å². The minimum Gasteiger partial charge on any atom is -0.425 e. The van der Waals surface area contributed by atoms with E-state index in [2.05, 4.69) is 0 Å². The Bertz CT molecular complexity index is 642. The minimum atomic E-state index is -3.91. The van der Waals surface area contributed by atoms with Gasteiger partial charge in [0.05, 0.1) is 5.75 Å². The number of esters is 1. The number of hydrogen-bond acceptors (Lipinski definition) is 7. The molecule has 0 saturated carbocycles. The average Bonchev–Trinajstić information content (AvgIpc) is 2.44. The Morgan fingerprint density at radius 1 is 1.18 bits per heavy atom. The van der Waals surface area contributed by atoms with Crippen LogP contribution in [0.4, 0.5) is 0 Å². The van der Waals surface area contributed by atoms with Crippen molar-refractivity contribution in [2.45, 2.75) is 25.9 Å². The lowest BCUT2D eigenvalue weighted by atomic mass is 10.3. The summed E-state index contributed by atoms with van der Waals surface area (Å²) in [4.78, 5) is 11.7. The maximum absolute atomic E-state index is 11.7. The van der Waals surface area contributed by atoms with Crippen LogP contribution < -0.4 is 4.74 Å². The molecule has 22 heavy (non-hydrogen) atoms. The van der Waals surface area contributed by atoms with Crippen molar-refractivity contribution in [1.29, 1.82) is 0 Å². The monoisotopic (exact) mass is 350 g/mol. The second-order valence-corrected chi connectivity index (χ2v) is 7.33. The lowest BCUT2D eigenvalue weighted by molar-refractivity contribution is -0.141. The van der Waals surface area contributed by atoms with Crippen LogP contribution in [0.15, 0.2) is 30.3 Å². The number of para-hydroxylation sites is 1. The highest BCUT2D eigenvalue weighted by atomic mass is 32.2. The summed E-state index contributed by atoms with van der Waals surface area (Å²) >= 11 is 0. The topological polar surface area (TPSA) is 104 Å². The van der Waals surface area contributed by atoms with E-state index in [1.165, 1.54) is 6.92 Å². The Morgan fingerprint density at radius 3 is 2.41 bits per heavy atom. The summed E-state index contributed by atoms with van der Waals surface area (Å²) in [6.07, 6.45) is -0.905. The highest BCUT2D eigenvalue weighted by Gasteiger charge is 2.23. The van der Waals surface area contributed by atoms with Crippen LogP contribution in [0.5, 0.6) is 5.75 Å². The highest BCUT2D eigenvalue weighted by molar-refractivity contribution is 7.86. The third kappa shape index (κ3) is 7.53. The Balaban J connectivity index is 2.44. The van der Waals surface area contributed by atoms with Crippen molar-refractivity contribution < 1.29 is 30.6 Å². The van der Waals surface area contributed by atoms with Crippen molar-refractivity contribution in [1.82, 2.24) is 0 Å². The van der Waals surface area contributed by atoms with Crippen molar-refractivity contribution >= 4 is 26.8 Å². The van der Waals surface area contributed by atoms with Gasteiger partial charge in [0.1, 0.15) is 16.5 Å². The van der Waals surface area contributed by atoms with Crippen molar-refractivity contribution in [3.8, 4) is 5.75 Å². The standard InChI is InChI=1S/C13H18O7S2/c1-11(13(14)19-12-7-3-2-4-8-12)20-22(17,18)10-6-5-9-21(15)16/h2-4,7-8,11,21H,5-6,9-10H2,1H3. The maximum atomic E-state index is 11.7. The molecule has 0 aliphatic heterocycles. The molecule has 0 aromatic heterocycles. The van der Waals surface area contributed by atoms with Crippen LogP contribution in [0.25, 0.3) is 0 Å². The van der Waals surface area contributed by atoms with Gasteiger partial charge in [-0.25, -0.2) is 13.2 Å². The van der Waals surface area contributed by atoms with Gasteiger partial charge in [0.15, 0.2) is 6.10 Å². The summed E-state index contributed by atoms with van der Waals surface area (Å²) in [6.45, 7) is 1.28. The Labute approximate surface area is 131 Å². The van der Waals surface area contributed by atoms with Gasteiger partial charge in [0.2, 0.25) is 0 Å². The third-order valence-corrected chi connectivity index (χ3v) is 4.62. The summed E-state index contributed by atoms with van der Waals surface area (Å²) in [5, 5.41) is 0. The molecule has 0 radical (unpaired) electrons. The molecular weight excluding hydrogens is 332 g/mol. The predicted octanol–water partition coefficient (Wildman–Crippen LogP) is 0.719. The van der Waals surface area contributed by atoms with Gasteiger partial charge < -0.3 is 4.74 Å². The minimum absolute atomic E-state index is 0.0730. The molecule has 1 aromatic rings. The second kappa shape index (κ2) is 8.86. The van der Waals surface area contributed by atoms with Gasteiger partial charge in [-0.3, -0.25) is 4.18 Å². The summed E-state index contributed by atoms with van der Waals surface area (Å²) in [5.74, 6) is -0.952. The first-order valence-electron chi connectivity index (χ1n) is 6.59. The van der Waals surface area contributed by atoms with Gasteiger partial charge in [-0.15, -0.1) is 0 Å². The molecule has 0 fully saturated rings. The first kappa shape index (κ1) is 18.6. The summed E-state index contributed by atoms with van der Waals surface area (Å²) < 4.78 is 53.7. The molecule has 9 heteroatoms. The van der Waals surface area contributed by atoms with E-state index < -0.39 is 32.9 Å². The molecule has 0 saturated heterocycles. The van der Waals surface area contributed by atoms with Gasteiger partial charge in [0, 0.05) is 5.75 Å². The van der Waals surface area contributed by atoms with Crippen molar-refractivity contribution in [2.75, 3.05) is 11.5 Å². The quantitative estimate of drug-likeness (QED) is 0.230. The van der Waals surface area contributed by atoms with Crippen molar-refractivity contribution in [2.24, 2.45) is 0 Å². The van der Waals surface area contributed by atoms with E-state index in [4.69, 9.17) is 8.92 Å². The molecule has 0 spiro atoms. The zero-order chi connectivity index (χ0) is 16.6. The summed E-state index contributed by atoms with van der Waals surface area (Å²) in [6, 6.07) is 8.21. The summed E-state index contributed by atoms with van der Waals surface area (Å²) in [5.41, 5.74) is 0. The van der Waals surface area contributed by atoms with Crippen LogP contribution in [-0.2, 0) is 29.8 Å². The van der Waals surface area contributed by atoms with Crippen LogP contribution in [0.1, 0.15) is 19.8 Å². The molecule has 0 aliphatic carbocycles. The molecule has 1 aromatic carbocycles. The van der Waals surface area contributed by atoms with Gasteiger partial charge >= 0.3 is 5.97 Å². The number of ether oxygens (including phenoxy) is 1. The fraction of sp³-hybridized carbons (Fsp3) is 0.462. The smallest absolute Gasteiger partial charge is 0.341 e. The fourth-order valence-corrected chi connectivity index (χ4v) is 3.17. The molecule has 0 amide bonds. The first-order valence-corrected chi connectivity index (χ1v) is 9.53. The molecule has 124 valence electrons. The fourth-order valence-electron chi connectivity index (χ4n) is 1.51. The number of carbonyl (C=O) groups is 1.